The number of hydrogen-bond acceptors (Lipinski definition) is 3. The van der Waals surface area contributed by atoms with Gasteiger partial charge in [-0.3, -0.25) is 9.78 Å². The number of halogens is 6. The van der Waals surface area contributed by atoms with Gasteiger partial charge in [0.25, 0.3) is 5.91 Å². The average molecular weight is 519 g/mol. The number of nitrogens with zero attached hydrogens (tertiary/aromatic N) is 3. The van der Waals surface area contributed by atoms with Crippen molar-refractivity contribution >= 4 is 5.91 Å². The Labute approximate surface area is 210 Å². The molecule has 0 saturated heterocycles. The molecule has 194 valence electrons. The average Bonchev–Trinajstić information content (AvgIpc) is 2.83. The number of aromatic nitrogens is 1. The summed E-state index contributed by atoms with van der Waals surface area (Å²) in [6.45, 7) is 1.37. The molecule has 4 nitrogen and oxygen atoms in total. The van der Waals surface area contributed by atoms with Crippen LogP contribution in [0.2, 0.25) is 0 Å². The summed E-state index contributed by atoms with van der Waals surface area (Å²) in [6.07, 6.45) is -7.21. The molecule has 3 rings (SSSR count). The topological polar surface area (TPSA) is 57.0 Å². The molecule has 1 heterocycles. The zero-order chi connectivity index (χ0) is 27.4. The SMILES string of the molecule is Cc1ccccc1-c1cc(CCCC#N)ncc1C(=O)N(C)Cc1cc(C(F)(F)F)cc(C(F)(F)F)c1. The first-order valence-electron chi connectivity index (χ1n) is 11.3. The number of aryl methyl sites for hydroxylation is 2. The molecule has 3 aromatic rings. The van der Waals surface area contributed by atoms with Crippen LogP contribution in [0.15, 0.2) is 54.7 Å². The molecule has 0 saturated carbocycles. The third-order valence-electron chi connectivity index (χ3n) is 5.76. The van der Waals surface area contributed by atoms with Crippen LogP contribution in [-0.2, 0) is 25.3 Å². The van der Waals surface area contributed by atoms with E-state index in [2.05, 4.69) is 11.1 Å². The molecule has 0 atom stereocenters. The van der Waals surface area contributed by atoms with E-state index in [1.54, 1.807) is 12.1 Å². The lowest BCUT2D eigenvalue weighted by Crippen LogP contribution is -2.27. The van der Waals surface area contributed by atoms with Gasteiger partial charge in [0.1, 0.15) is 0 Å². The number of carbonyl (C=O) groups excluding carboxylic acids is 1. The Morgan fingerprint density at radius 1 is 0.973 bits per heavy atom. The van der Waals surface area contributed by atoms with E-state index in [0.29, 0.717) is 42.7 Å². The van der Waals surface area contributed by atoms with Crippen LogP contribution in [0, 0.1) is 18.3 Å². The highest BCUT2D eigenvalue weighted by atomic mass is 19.4. The summed E-state index contributed by atoms with van der Waals surface area (Å²) in [5, 5.41) is 8.79. The van der Waals surface area contributed by atoms with E-state index in [4.69, 9.17) is 5.26 Å². The number of carbonyl (C=O) groups is 1. The fourth-order valence-corrected chi connectivity index (χ4v) is 3.91. The summed E-state index contributed by atoms with van der Waals surface area (Å²) in [5.41, 5.74) is -0.246. The van der Waals surface area contributed by atoms with Crippen molar-refractivity contribution in [1.82, 2.24) is 9.88 Å². The molecular weight excluding hydrogens is 496 g/mol. The van der Waals surface area contributed by atoms with Crippen molar-refractivity contribution in [2.75, 3.05) is 7.05 Å². The number of nitriles is 1. The number of unbranched alkanes of at least 4 members (excludes halogenated alkanes) is 1. The number of rotatable bonds is 7. The van der Waals surface area contributed by atoms with Crippen molar-refractivity contribution in [3.05, 3.63) is 88.2 Å². The van der Waals surface area contributed by atoms with Crippen molar-refractivity contribution < 1.29 is 31.1 Å². The minimum atomic E-state index is -4.98. The van der Waals surface area contributed by atoms with Gasteiger partial charge in [-0.05, 0) is 66.3 Å². The third-order valence-corrected chi connectivity index (χ3v) is 5.76. The van der Waals surface area contributed by atoms with E-state index in [1.807, 2.05) is 25.1 Å². The quantitative estimate of drug-likeness (QED) is 0.245. The van der Waals surface area contributed by atoms with Crippen LogP contribution in [0.25, 0.3) is 11.1 Å². The molecule has 0 fully saturated rings. The molecule has 0 unspecified atom stereocenters. The zero-order valence-corrected chi connectivity index (χ0v) is 20.0. The van der Waals surface area contributed by atoms with Gasteiger partial charge < -0.3 is 4.90 Å². The van der Waals surface area contributed by atoms with Crippen LogP contribution in [0.3, 0.4) is 0 Å². The zero-order valence-electron chi connectivity index (χ0n) is 20.0. The maximum Gasteiger partial charge on any atom is 0.416 e. The summed E-state index contributed by atoms with van der Waals surface area (Å²) in [5.74, 6) is -0.611. The molecule has 1 aromatic heterocycles. The van der Waals surface area contributed by atoms with Gasteiger partial charge in [-0.2, -0.15) is 31.6 Å². The minimum Gasteiger partial charge on any atom is -0.337 e. The van der Waals surface area contributed by atoms with E-state index >= 15 is 0 Å². The highest BCUT2D eigenvalue weighted by molar-refractivity contribution is 6.00. The van der Waals surface area contributed by atoms with Gasteiger partial charge in [-0.1, -0.05) is 24.3 Å². The van der Waals surface area contributed by atoms with Gasteiger partial charge in [0, 0.05) is 31.9 Å². The Bertz CT molecular complexity index is 1290. The van der Waals surface area contributed by atoms with Crippen molar-refractivity contribution in [2.24, 2.45) is 0 Å². The second kappa shape index (κ2) is 11.0. The van der Waals surface area contributed by atoms with Crippen LogP contribution in [0.4, 0.5) is 26.3 Å². The van der Waals surface area contributed by atoms with Crippen LogP contribution < -0.4 is 0 Å². The second-order valence-electron chi connectivity index (χ2n) is 8.62. The lowest BCUT2D eigenvalue weighted by Gasteiger charge is -2.21. The van der Waals surface area contributed by atoms with E-state index in [-0.39, 0.29) is 17.2 Å². The summed E-state index contributed by atoms with van der Waals surface area (Å²) in [6, 6.07) is 12.3. The smallest absolute Gasteiger partial charge is 0.337 e. The van der Waals surface area contributed by atoms with Crippen molar-refractivity contribution in [3.8, 4) is 17.2 Å². The van der Waals surface area contributed by atoms with Gasteiger partial charge in [-0.25, -0.2) is 0 Å². The normalized spacial score (nSPS) is 11.8. The highest BCUT2D eigenvalue weighted by Gasteiger charge is 2.37. The fraction of sp³-hybridized carbons (Fsp3) is 0.296. The van der Waals surface area contributed by atoms with E-state index < -0.39 is 35.9 Å². The first-order chi connectivity index (χ1) is 17.3. The Morgan fingerprint density at radius 2 is 1.59 bits per heavy atom. The van der Waals surface area contributed by atoms with Gasteiger partial charge in [-0.15, -0.1) is 0 Å². The molecule has 10 heteroatoms. The van der Waals surface area contributed by atoms with Gasteiger partial charge in [0.2, 0.25) is 0 Å². The molecule has 0 aliphatic rings. The predicted molar refractivity (Wildman–Crippen MR) is 125 cm³/mol. The van der Waals surface area contributed by atoms with Crippen LogP contribution in [0.5, 0.6) is 0 Å². The maximum absolute atomic E-state index is 13.4. The molecule has 0 N–H and O–H groups in total. The van der Waals surface area contributed by atoms with Gasteiger partial charge in [0.15, 0.2) is 0 Å². The Morgan fingerprint density at radius 3 is 2.16 bits per heavy atom. The summed E-state index contributed by atoms with van der Waals surface area (Å²) in [7, 11) is 1.30. The molecule has 0 bridgehead atoms. The lowest BCUT2D eigenvalue weighted by atomic mass is 9.95. The molecule has 0 radical (unpaired) electrons. The van der Waals surface area contributed by atoms with Crippen molar-refractivity contribution in [2.45, 2.75) is 45.1 Å². The largest absolute Gasteiger partial charge is 0.416 e. The molecule has 1 amide bonds. The monoisotopic (exact) mass is 519 g/mol. The Balaban J connectivity index is 1.99. The number of alkyl halides is 6. The van der Waals surface area contributed by atoms with E-state index in [1.165, 1.54) is 13.2 Å². The Hall–Kier alpha value is -3.87. The van der Waals surface area contributed by atoms with Gasteiger partial charge >= 0.3 is 12.4 Å². The first kappa shape index (κ1) is 27.7. The van der Waals surface area contributed by atoms with Crippen LogP contribution in [0.1, 0.15) is 51.1 Å². The standard InChI is InChI=1S/C27H23F6N3O/c1-17-7-3-4-9-22(17)23-14-21(8-5-6-10-34)35-15-24(23)25(37)36(2)16-18-11-19(26(28,29)30)13-20(12-18)27(31,32)33/h3-4,7,9,11-15H,5-6,8,16H2,1-2H3. The van der Waals surface area contributed by atoms with Crippen LogP contribution >= 0.6 is 0 Å². The number of amides is 1. The number of hydrogen-bond donors (Lipinski definition) is 0. The predicted octanol–water partition coefficient (Wildman–Crippen LogP) is 7.21. The fourth-order valence-electron chi connectivity index (χ4n) is 3.91. The third kappa shape index (κ3) is 6.88. The molecule has 37 heavy (non-hydrogen) atoms. The first-order valence-corrected chi connectivity index (χ1v) is 11.3. The maximum atomic E-state index is 13.4. The number of benzene rings is 2. The molecular formula is C27H23F6N3O. The van der Waals surface area contributed by atoms with E-state index in [9.17, 15) is 31.1 Å². The van der Waals surface area contributed by atoms with Gasteiger partial charge in [0.05, 0.1) is 22.8 Å². The summed E-state index contributed by atoms with van der Waals surface area (Å²) >= 11 is 0. The second-order valence-corrected chi connectivity index (χ2v) is 8.62. The molecule has 2 aromatic carbocycles. The van der Waals surface area contributed by atoms with Crippen molar-refractivity contribution in [3.63, 3.8) is 0 Å². The lowest BCUT2D eigenvalue weighted by molar-refractivity contribution is -0.143. The van der Waals surface area contributed by atoms with Crippen LogP contribution in [-0.4, -0.2) is 22.8 Å². The molecule has 0 spiro atoms. The summed E-state index contributed by atoms with van der Waals surface area (Å²) in [4.78, 5) is 18.8. The van der Waals surface area contributed by atoms with Crippen molar-refractivity contribution in [1.29, 1.82) is 5.26 Å². The molecule has 0 aliphatic heterocycles. The summed E-state index contributed by atoms with van der Waals surface area (Å²) < 4.78 is 79.5. The van der Waals surface area contributed by atoms with E-state index in [0.717, 1.165) is 16.0 Å². The highest BCUT2D eigenvalue weighted by Crippen LogP contribution is 2.37. The minimum absolute atomic E-state index is 0.0521. The number of pyridine rings is 1. The molecule has 0 aliphatic carbocycles. The Kier molecular flexibility index (Phi) is 8.26.